The van der Waals surface area contributed by atoms with Gasteiger partial charge in [0.25, 0.3) is 11.8 Å². The minimum absolute atomic E-state index is 0.166. The summed E-state index contributed by atoms with van der Waals surface area (Å²) in [5, 5.41) is 2.76. The molecule has 0 atom stereocenters. The Bertz CT molecular complexity index is 1210. The monoisotopic (exact) mass is 493 g/mol. The molecule has 190 valence electrons. The highest BCUT2D eigenvalue weighted by molar-refractivity contribution is 6.04. The van der Waals surface area contributed by atoms with Gasteiger partial charge in [0.1, 0.15) is 5.82 Å². The van der Waals surface area contributed by atoms with Crippen molar-refractivity contribution in [2.75, 3.05) is 32.6 Å². The molecule has 0 heterocycles. The molecule has 3 aromatic rings. The molecular formula is C28H32FN3O4. The third-order valence-corrected chi connectivity index (χ3v) is 5.76. The topological polar surface area (TPSA) is 93.9 Å². The average molecular weight is 494 g/mol. The number of anilines is 1. The first-order valence-electron chi connectivity index (χ1n) is 11.5. The lowest BCUT2D eigenvalue weighted by Gasteiger charge is -2.32. The molecule has 3 aromatic carbocycles. The van der Waals surface area contributed by atoms with Crippen LogP contribution >= 0.6 is 0 Å². The van der Waals surface area contributed by atoms with Gasteiger partial charge in [-0.2, -0.15) is 0 Å². The molecule has 3 rings (SSSR count). The summed E-state index contributed by atoms with van der Waals surface area (Å²) in [4.78, 5) is 27.7. The highest BCUT2D eigenvalue weighted by Gasteiger charge is 2.25. The predicted octanol–water partition coefficient (Wildman–Crippen LogP) is 4.72. The van der Waals surface area contributed by atoms with E-state index in [9.17, 15) is 14.0 Å². The molecule has 0 unspecified atom stereocenters. The zero-order valence-corrected chi connectivity index (χ0v) is 21.0. The maximum Gasteiger partial charge on any atom is 0.255 e. The number of hydrogen-bond donors (Lipinski definition) is 2. The zero-order valence-electron chi connectivity index (χ0n) is 21.0. The average Bonchev–Trinajstić information content (AvgIpc) is 2.88. The molecule has 7 nitrogen and oxygen atoms in total. The number of benzene rings is 3. The SMILES string of the molecule is COc1ccc(C(=O)N(Cc2ccc(NC(=O)c3cccc(F)c3)cc2)CC(C)(C)CN)cc1OC. The second kappa shape index (κ2) is 11.7. The van der Waals surface area contributed by atoms with Crippen molar-refractivity contribution in [2.45, 2.75) is 20.4 Å². The molecule has 0 aromatic heterocycles. The molecule has 36 heavy (non-hydrogen) atoms. The fraction of sp³-hybridized carbons (Fsp3) is 0.286. The Morgan fingerprint density at radius 1 is 0.944 bits per heavy atom. The number of nitrogens with zero attached hydrogens (tertiary/aromatic N) is 1. The maximum absolute atomic E-state index is 13.5. The van der Waals surface area contributed by atoms with E-state index >= 15 is 0 Å². The molecule has 8 heteroatoms. The first-order chi connectivity index (χ1) is 17.2. The normalized spacial score (nSPS) is 11.1. The van der Waals surface area contributed by atoms with E-state index in [4.69, 9.17) is 15.2 Å². The van der Waals surface area contributed by atoms with Gasteiger partial charge in [-0.25, -0.2) is 4.39 Å². The van der Waals surface area contributed by atoms with E-state index in [-0.39, 0.29) is 16.9 Å². The van der Waals surface area contributed by atoms with Crippen LogP contribution in [0.25, 0.3) is 0 Å². The lowest BCUT2D eigenvalue weighted by molar-refractivity contribution is 0.0673. The van der Waals surface area contributed by atoms with E-state index in [2.05, 4.69) is 5.32 Å². The van der Waals surface area contributed by atoms with Gasteiger partial charge in [0.15, 0.2) is 11.5 Å². The Morgan fingerprint density at radius 2 is 1.64 bits per heavy atom. The Labute approximate surface area is 211 Å². The molecule has 0 fully saturated rings. The van der Waals surface area contributed by atoms with Gasteiger partial charge in [0.05, 0.1) is 14.2 Å². The summed E-state index contributed by atoms with van der Waals surface area (Å²) < 4.78 is 24.1. The highest BCUT2D eigenvalue weighted by Crippen LogP contribution is 2.29. The summed E-state index contributed by atoms with van der Waals surface area (Å²) in [6.45, 7) is 5.21. The van der Waals surface area contributed by atoms with Crippen LogP contribution in [0.4, 0.5) is 10.1 Å². The van der Waals surface area contributed by atoms with Gasteiger partial charge in [-0.3, -0.25) is 9.59 Å². The number of carbonyl (C=O) groups is 2. The fourth-order valence-corrected chi connectivity index (χ4v) is 3.68. The standard InChI is InChI=1S/C28H32FN3O4/c1-28(2,17-30)18-32(27(34)21-10-13-24(35-3)25(15-21)36-4)16-19-8-11-23(12-9-19)31-26(33)20-6-5-7-22(29)14-20/h5-15H,16-18,30H2,1-4H3,(H,31,33). The Hall–Kier alpha value is -3.91. The number of hydrogen-bond acceptors (Lipinski definition) is 5. The molecule has 0 saturated heterocycles. The van der Waals surface area contributed by atoms with Crippen LogP contribution in [-0.2, 0) is 6.54 Å². The number of carbonyl (C=O) groups excluding carboxylic acids is 2. The maximum atomic E-state index is 13.5. The van der Waals surface area contributed by atoms with E-state index in [0.717, 1.165) is 5.56 Å². The number of ether oxygens (including phenoxy) is 2. The van der Waals surface area contributed by atoms with Crippen LogP contribution in [0.5, 0.6) is 11.5 Å². The van der Waals surface area contributed by atoms with Gasteiger partial charge >= 0.3 is 0 Å². The highest BCUT2D eigenvalue weighted by atomic mass is 19.1. The van der Waals surface area contributed by atoms with Gasteiger partial charge in [0.2, 0.25) is 0 Å². The number of halogens is 1. The van der Waals surface area contributed by atoms with E-state index in [1.165, 1.54) is 25.3 Å². The third-order valence-electron chi connectivity index (χ3n) is 5.76. The lowest BCUT2D eigenvalue weighted by atomic mass is 9.92. The van der Waals surface area contributed by atoms with Crippen molar-refractivity contribution < 1.29 is 23.5 Å². The summed E-state index contributed by atoms with van der Waals surface area (Å²) in [6.07, 6.45) is 0. The smallest absolute Gasteiger partial charge is 0.255 e. The summed E-state index contributed by atoms with van der Waals surface area (Å²) in [6, 6.07) is 17.7. The van der Waals surface area contributed by atoms with Gasteiger partial charge in [-0.15, -0.1) is 0 Å². The van der Waals surface area contributed by atoms with Gasteiger partial charge < -0.3 is 25.4 Å². The van der Waals surface area contributed by atoms with Crippen LogP contribution in [0.1, 0.15) is 40.1 Å². The first-order valence-corrected chi connectivity index (χ1v) is 11.5. The van der Waals surface area contributed by atoms with E-state index in [1.807, 2.05) is 26.0 Å². The van der Waals surface area contributed by atoms with Crippen molar-refractivity contribution in [3.8, 4) is 11.5 Å². The van der Waals surface area contributed by atoms with Crippen molar-refractivity contribution in [3.63, 3.8) is 0 Å². The lowest BCUT2D eigenvalue weighted by Crippen LogP contribution is -2.41. The van der Waals surface area contributed by atoms with Crippen molar-refractivity contribution in [1.29, 1.82) is 0 Å². The number of methoxy groups -OCH3 is 2. The quantitative estimate of drug-likeness (QED) is 0.426. The molecule has 0 spiro atoms. The van der Waals surface area contributed by atoms with Crippen molar-refractivity contribution in [3.05, 3.63) is 89.2 Å². The molecule has 0 bridgehead atoms. The number of nitrogens with two attached hydrogens (primary N) is 1. The Kier molecular flexibility index (Phi) is 8.66. The van der Waals surface area contributed by atoms with E-state index in [1.54, 1.807) is 48.4 Å². The summed E-state index contributed by atoms with van der Waals surface area (Å²) in [5.41, 5.74) is 7.80. The number of amides is 2. The third kappa shape index (κ3) is 6.82. The molecule has 0 saturated carbocycles. The minimum Gasteiger partial charge on any atom is -0.493 e. The molecule has 2 amide bonds. The van der Waals surface area contributed by atoms with E-state index < -0.39 is 11.7 Å². The van der Waals surface area contributed by atoms with Crippen LogP contribution in [0.2, 0.25) is 0 Å². The fourth-order valence-electron chi connectivity index (χ4n) is 3.68. The zero-order chi connectivity index (χ0) is 26.3. The predicted molar refractivity (Wildman–Crippen MR) is 138 cm³/mol. The van der Waals surface area contributed by atoms with Crippen molar-refractivity contribution in [2.24, 2.45) is 11.1 Å². The van der Waals surface area contributed by atoms with Gasteiger partial charge in [-0.1, -0.05) is 32.0 Å². The molecule has 0 aliphatic heterocycles. The van der Waals surface area contributed by atoms with Crippen LogP contribution in [0.15, 0.2) is 66.7 Å². The summed E-state index contributed by atoms with van der Waals surface area (Å²) in [5.74, 6) is -0.0330. The second-order valence-electron chi connectivity index (χ2n) is 9.26. The van der Waals surface area contributed by atoms with Crippen LogP contribution in [0, 0.1) is 11.2 Å². The van der Waals surface area contributed by atoms with Crippen molar-refractivity contribution >= 4 is 17.5 Å². The summed E-state index contributed by atoms with van der Waals surface area (Å²) in [7, 11) is 3.07. The Morgan fingerprint density at radius 3 is 2.25 bits per heavy atom. The van der Waals surface area contributed by atoms with Gasteiger partial charge in [0, 0.05) is 29.9 Å². The van der Waals surface area contributed by atoms with E-state index in [0.29, 0.717) is 42.4 Å². The Balaban J connectivity index is 1.79. The van der Waals surface area contributed by atoms with Crippen molar-refractivity contribution in [1.82, 2.24) is 4.90 Å². The largest absolute Gasteiger partial charge is 0.493 e. The van der Waals surface area contributed by atoms with Crippen LogP contribution in [-0.4, -0.2) is 44.0 Å². The molecule has 0 aliphatic carbocycles. The molecule has 0 aliphatic rings. The minimum atomic E-state index is -0.474. The molecular weight excluding hydrogens is 461 g/mol. The van der Waals surface area contributed by atoms with Crippen LogP contribution < -0.4 is 20.5 Å². The van der Waals surface area contributed by atoms with Gasteiger partial charge in [-0.05, 0) is 66.1 Å². The summed E-state index contributed by atoms with van der Waals surface area (Å²) >= 11 is 0. The molecule has 3 N–H and O–H groups in total. The number of rotatable bonds is 10. The number of nitrogens with one attached hydrogen (secondary N) is 1. The van der Waals surface area contributed by atoms with Crippen LogP contribution in [0.3, 0.4) is 0 Å². The second-order valence-corrected chi connectivity index (χ2v) is 9.26. The first kappa shape index (κ1) is 26.7. The molecule has 0 radical (unpaired) electrons.